The Hall–Kier alpha value is -1.67. The van der Waals surface area contributed by atoms with Gasteiger partial charge in [0.15, 0.2) is 5.13 Å². The number of hydrogen-bond donors (Lipinski definition) is 2. The van der Waals surface area contributed by atoms with Crippen LogP contribution in [0.1, 0.15) is 31.0 Å². The number of likely N-dealkylation sites (tertiary alicyclic amines) is 1. The van der Waals surface area contributed by atoms with Crippen molar-refractivity contribution >= 4 is 53.1 Å². The first-order valence-corrected chi connectivity index (χ1v) is 9.65. The van der Waals surface area contributed by atoms with E-state index < -0.39 is 0 Å². The number of rotatable bonds is 5. The number of nitrogens with two attached hydrogens (primary N) is 1. The second-order valence-electron chi connectivity index (χ2n) is 6.94. The summed E-state index contributed by atoms with van der Waals surface area (Å²) in [4.78, 5) is 30.5. The maximum absolute atomic E-state index is 12.6. The first-order chi connectivity index (χ1) is 12.4. The maximum atomic E-state index is 12.6. The minimum atomic E-state index is -0.106. The highest BCUT2D eigenvalue weighted by molar-refractivity contribution is 7.13. The summed E-state index contributed by atoms with van der Waals surface area (Å²) in [5.74, 6) is 0.000766. The molecule has 0 radical (unpaired) electrons. The fourth-order valence-electron chi connectivity index (χ4n) is 3.05. The quantitative estimate of drug-likeness (QED) is 0.741. The second kappa shape index (κ2) is 10.8. The number of halogens is 2. The van der Waals surface area contributed by atoms with E-state index in [1.807, 2.05) is 42.3 Å². The molecule has 1 aliphatic heterocycles. The number of carbonyl (C=O) groups is 2. The lowest BCUT2D eigenvalue weighted by atomic mass is 9.95. The zero-order valence-corrected chi connectivity index (χ0v) is 18.3. The molecule has 6 nitrogen and oxygen atoms in total. The molecule has 1 aromatic heterocycles. The Bertz CT molecular complexity index is 785. The fraction of sp³-hybridized carbons (Fsp3) is 0.421. The number of carbonyl (C=O) groups excluding carboxylic acids is 2. The van der Waals surface area contributed by atoms with Crippen LogP contribution in [0.5, 0.6) is 0 Å². The van der Waals surface area contributed by atoms with Gasteiger partial charge in [-0.25, -0.2) is 4.98 Å². The molecular weight excluding hydrogens is 419 g/mol. The summed E-state index contributed by atoms with van der Waals surface area (Å²) >= 11 is 1.34. The Labute approximate surface area is 181 Å². The maximum Gasteiger partial charge on any atom is 0.228 e. The predicted molar refractivity (Wildman–Crippen MR) is 118 cm³/mol. The Morgan fingerprint density at radius 1 is 1.25 bits per heavy atom. The lowest BCUT2D eigenvalue weighted by Crippen LogP contribution is -2.33. The van der Waals surface area contributed by atoms with Crippen LogP contribution in [-0.2, 0) is 16.0 Å². The van der Waals surface area contributed by atoms with Crippen LogP contribution in [0.25, 0.3) is 0 Å². The van der Waals surface area contributed by atoms with Gasteiger partial charge in [-0.3, -0.25) is 9.59 Å². The third kappa shape index (κ3) is 5.91. The number of aromatic nitrogens is 1. The Balaban J connectivity index is 0.00000196. The van der Waals surface area contributed by atoms with Gasteiger partial charge in [-0.15, -0.1) is 36.2 Å². The molecule has 9 heteroatoms. The van der Waals surface area contributed by atoms with E-state index in [1.165, 1.54) is 16.9 Å². The SMILES string of the molecule is CC(C)C(=O)Nc1nc(CC(=O)N2C[C@@H](N)[C@H](c3ccccc3)C2)cs1.Cl.Cl. The van der Waals surface area contributed by atoms with E-state index in [0.29, 0.717) is 23.9 Å². The van der Waals surface area contributed by atoms with Crippen molar-refractivity contribution in [3.63, 3.8) is 0 Å². The molecule has 0 unspecified atom stereocenters. The molecule has 0 aliphatic carbocycles. The highest BCUT2D eigenvalue weighted by Gasteiger charge is 2.33. The molecule has 0 bridgehead atoms. The molecule has 1 fully saturated rings. The van der Waals surface area contributed by atoms with Crippen LogP contribution in [0.15, 0.2) is 35.7 Å². The minimum absolute atomic E-state index is 0. The van der Waals surface area contributed by atoms with Gasteiger partial charge in [0.25, 0.3) is 0 Å². The van der Waals surface area contributed by atoms with Crippen molar-refractivity contribution in [3.8, 4) is 0 Å². The van der Waals surface area contributed by atoms with Crippen LogP contribution < -0.4 is 11.1 Å². The molecule has 0 spiro atoms. The van der Waals surface area contributed by atoms with Crippen molar-refractivity contribution in [1.29, 1.82) is 0 Å². The predicted octanol–water partition coefficient (Wildman–Crippen LogP) is 3.08. The lowest BCUT2D eigenvalue weighted by molar-refractivity contribution is -0.129. The zero-order valence-electron chi connectivity index (χ0n) is 15.8. The third-order valence-electron chi connectivity index (χ3n) is 4.58. The number of thiazole rings is 1. The lowest BCUT2D eigenvalue weighted by Gasteiger charge is -2.16. The van der Waals surface area contributed by atoms with E-state index >= 15 is 0 Å². The first-order valence-electron chi connectivity index (χ1n) is 8.77. The summed E-state index contributed by atoms with van der Waals surface area (Å²) in [6, 6.07) is 10.0. The summed E-state index contributed by atoms with van der Waals surface area (Å²) in [5, 5.41) is 5.12. The van der Waals surface area contributed by atoms with Gasteiger partial charge in [-0.2, -0.15) is 0 Å². The normalized spacial score (nSPS) is 18.4. The van der Waals surface area contributed by atoms with Gasteiger partial charge in [0.2, 0.25) is 11.8 Å². The third-order valence-corrected chi connectivity index (χ3v) is 5.39. The number of nitrogens with zero attached hydrogens (tertiary/aromatic N) is 2. The number of amides is 2. The number of nitrogens with one attached hydrogen (secondary N) is 1. The fourth-order valence-corrected chi connectivity index (χ4v) is 3.76. The van der Waals surface area contributed by atoms with E-state index in [0.717, 1.165) is 0 Å². The minimum Gasteiger partial charge on any atom is -0.340 e. The van der Waals surface area contributed by atoms with E-state index in [4.69, 9.17) is 5.73 Å². The van der Waals surface area contributed by atoms with Gasteiger partial charge >= 0.3 is 0 Å². The van der Waals surface area contributed by atoms with E-state index in [1.54, 1.807) is 0 Å². The molecular formula is C19H26Cl2N4O2S. The molecule has 154 valence electrons. The average Bonchev–Trinajstić information content (AvgIpc) is 3.22. The number of anilines is 1. The van der Waals surface area contributed by atoms with Crippen molar-refractivity contribution in [2.24, 2.45) is 11.7 Å². The van der Waals surface area contributed by atoms with E-state index in [-0.39, 0.29) is 60.9 Å². The van der Waals surface area contributed by atoms with Crippen molar-refractivity contribution in [2.75, 3.05) is 18.4 Å². The molecule has 1 aromatic carbocycles. The van der Waals surface area contributed by atoms with Gasteiger partial charge in [-0.05, 0) is 5.56 Å². The van der Waals surface area contributed by atoms with Crippen molar-refractivity contribution in [2.45, 2.75) is 32.2 Å². The second-order valence-corrected chi connectivity index (χ2v) is 7.80. The molecule has 2 amide bonds. The molecule has 28 heavy (non-hydrogen) atoms. The standard InChI is InChI=1S/C19H24N4O2S.2ClH/c1-12(2)18(25)22-19-21-14(11-26-19)8-17(24)23-9-15(16(20)10-23)13-6-4-3-5-7-13;;/h3-7,11-12,15-16H,8-10,20H2,1-2H3,(H,21,22,25);2*1H/t15-,16+;;/m0../s1. The molecule has 2 heterocycles. The van der Waals surface area contributed by atoms with E-state index in [2.05, 4.69) is 22.4 Å². The van der Waals surface area contributed by atoms with Crippen LogP contribution in [0.2, 0.25) is 0 Å². The monoisotopic (exact) mass is 444 g/mol. The summed E-state index contributed by atoms with van der Waals surface area (Å²) < 4.78 is 0. The van der Waals surface area contributed by atoms with Gasteiger partial charge in [0, 0.05) is 36.3 Å². The molecule has 3 rings (SSSR count). The Kier molecular flexibility index (Phi) is 9.36. The van der Waals surface area contributed by atoms with Gasteiger partial charge in [0.1, 0.15) is 0 Å². The van der Waals surface area contributed by atoms with Crippen molar-refractivity contribution < 1.29 is 9.59 Å². The molecule has 2 aromatic rings. The zero-order chi connectivity index (χ0) is 18.7. The van der Waals surface area contributed by atoms with E-state index in [9.17, 15) is 9.59 Å². The number of benzene rings is 1. The largest absolute Gasteiger partial charge is 0.340 e. The van der Waals surface area contributed by atoms with Crippen LogP contribution >= 0.6 is 36.2 Å². The van der Waals surface area contributed by atoms with Crippen LogP contribution in [0, 0.1) is 5.92 Å². The molecule has 1 aliphatic rings. The van der Waals surface area contributed by atoms with Gasteiger partial charge < -0.3 is 16.0 Å². The topological polar surface area (TPSA) is 88.3 Å². The van der Waals surface area contributed by atoms with Crippen molar-refractivity contribution in [3.05, 3.63) is 47.0 Å². The average molecular weight is 445 g/mol. The van der Waals surface area contributed by atoms with Gasteiger partial charge in [-0.1, -0.05) is 44.2 Å². The van der Waals surface area contributed by atoms with Crippen LogP contribution in [-0.4, -0.2) is 40.8 Å². The summed E-state index contributed by atoms with van der Waals surface area (Å²) in [7, 11) is 0. The smallest absolute Gasteiger partial charge is 0.228 e. The molecule has 1 saturated heterocycles. The highest BCUT2D eigenvalue weighted by Crippen LogP contribution is 2.27. The summed E-state index contributed by atoms with van der Waals surface area (Å²) in [6.07, 6.45) is 0.224. The van der Waals surface area contributed by atoms with Crippen LogP contribution in [0.3, 0.4) is 0 Å². The molecule has 0 saturated carbocycles. The summed E-state index contributed by atoms with van der Waals surface area (Å²) in [6.45, 7) is 4.84. The highest BCUT2D eigenvalue weighted by atomic mass is 35.5. The van der Waals surface area contributed by atoms with Gasteiger partial charge in [0.05, 0.1) is 12.1 Å². The molecule has 3 N–H and O–H groups in total. The van der Waals surface area contributed by atoms with Crippen molar-refractivity contribution in [1.82, 2.24) is 9.88 Å². The number of hydrogen-bond acceptors (Lipinski definition) is 5. The Morgan fingerprint density at radius 3 is 2.57 bits per heavy atom. The first kappa shape index (κ1) is 24.4. The molecule has 2 atom stereocenters. The Morgan fingerprint density at radius 2 is 1.93 bits per heavy atom. The summed E-state index contributed by atoms with van der Waals surface area (Å²) in [5.41, 5.74) is 8.11. The van der Waals surface area contributed by atoms with Crippen LogP contribution in [0.4, 0.5) is 5.13 Å².